The van der Waals surface area contributed by atoms with Gasteiger partial charge in [0.15, 0.2) is 0 Å². The highest BCUT2D eigenvalue weighted by atomic mass is 16.9. The van der Waals surface area contributed by atoms with Gasteiger partial charge in [-0.25, -0.2) is 0 Å². The molecule has 14 heavy (non-hydrogen) atoms. The third kappa shape index (κ3) is 6.25. The fourth-order valence-electron chi connectivity index (χ4n) is 0.493. The first-order valence-electron chi connectivity index (χ1n) is 4.42. The van der Waals surface area contributed by atoms with E-state index >= 15 is 0 Å². The maximum absolute atomic E-state index is 11.2. The molecule has 1 N–H and O–H groups in total. The lowest BCUT2D eigenvalue weighted by atomic mass is 10.1. The van der Waals surface area contributed by atoms with Gasteiger partial charge in [0.2, 0.25) is 0 Å². The first kappa shape index (κ1) is 13.8. The summed E-state index contributed by atoms with van der Waals surface area (Å²) in [4.78, 5) is 4.83. The van der Waals surface area contributed by atoms with E-state index in [9.17, 15) is 10.4 Å². The average molecular weight is 205 g/mol. The highest BCUT2D eigenvalue weighted by molar-refractivity contribution is 4.72. The molecule has 0 heterocycles. The van der Waals surface area contributed by atoms with E-state index in [1.54, 1.807) is 41.5 Å². The molecule has 0 spiro atoms. The Kier molecular flexibility index (Phi) is 4.44. The fourth-order valence-corrected chi connectivity index (χ4v) is 0.493. The summed E-state index contributed by atoms with van der Waals surface area (Å²) in [5.74, 6) is 0. The van der Waals surface area contributed by atoms with Crippen LogP contribution in [-0.2, 0) is 4.84 Å². The molecular formula is C8H19N3O3-2. The third-order valence-electron chi connectivity index (χ3n) is 1.14. The summed E-state index contributed by atoms with van der Waals surface area (Å²) in [7, 11) is 0. The quantitative estimate of drug-likeness (QED) is 0.704. The smallest absolute Gasteiger partial charge is 0.0820 e. The van der Waals surface area contributed by atoms with Crippen LogP contribution in [0, 0.1) is 10.4 Å². The van der Waals surface area contributed by atoms with E-state index in [-0.39, 0.29) is 5.34 Å². The van der Waals surface area contributed by atoms with Crippen molar-refractivity contribution in [3.8, 4) is 0 Å². The first-order chi connectivity index (χ1) is 6.02. The van der Waals surface area contributed by atoms with Crippen LogP contribution in [0.5, 0.6) is 0 Å². The van der Waals surface area contributed by atoms with Crippen LogP contribution >= 0.6 is 0 Å². The molecule has 0 fully saturated rings. The van der Waals surface area contributed by atoms with E-state index < -0.39 is 11.1 Å². The third-order valence-corrected chi connectivity index (χ3v) is 1.14. The lowest BCUT2D eigenvalue weighted by molar-refractivity contribution is -0.258. The molecule has 0 saturated heterocycles. The van der Waals surface area contributed by atoms with Crippen LogP contribution in [0.25, 0.3) is 0 Å². The van der Waals surface area contributed by atoms with Crippen molar-refractivity contribution in [2.45, 2.75) is 52.7 Å². The Labute approximate surface area is 84.9 Å². The predicted molar refractivity (Wildman–Crippen MR) is 54.1 cm³/mol. The van der Waals surface area contributed by atoms with Crippen molar-refractivity contribution in [2.75, 3.05) is 0 Å². The van der Waals surface area contributed by atoms with Crippen LogP contribution in [0.1, 0.15) is 41.5 Å². The highest BCUT2D eigenvalue weighted by Crippen LogP contribution is 2.11. The van der Waals surface area contributed by atoms with Crippen LogP contribution in [0.3, 0.4) is 0 Å². The van der Waals surface area contributed by atoms with Gasteiger partial charge in [0.05, 0.1) is 5.60 Å². The van der Waals surface area contributed by atoms with Crippen LogP contribution in [0.2, 0.25) is 0 Å². The molecule has 0 aliphatic rings. The number of rotatable bonds is 3. The number of nitrogens with zero attached hydrogens (tertiary/aromatic N) is 2. The van der Waals surface area contributed by atoms with E-state index in [1.165, 1.54) is 0 Å². The Morgan fingerprint density at radius 2 is 1.43 bits per heavy atom. The minimum Gasteiger partial charge on any atom is -0.770 e. The van der Waals surface area contributed by atoms with E-state index in [0.717, 1.165) is 0 Å². The molecule has 0 atom stereocenters. The van der Waals surface area contributed by atoms with Crippen molar-refractivity contribution in [3.05, 3.63) is 10.4 Å². The summed E-state index contributed by atoms with van der Waals surface area (Å²) < 4.78 is 0. The highest BCUT2D eigenvalue weighted by Gasteiger charge is 2.15. The Morgan fingerprint density at radius 1 is 1.00 bits per heavy atom. The Hall–Kier alpha value is -0.240. The molecule has 6 nitrogen and oxygen atoms in total. The van der Waals surface area contributed by atoms with E-state index in [0.29, 0.717) is 5.17 Å². The van der Waals surface area contributed by atoms with Gasteiger partial charge in [0.1, 0.15) is 0 Å². The summed E-state index contributed by atoms with van der Waals surface area (Å²) in [5.41, 5.74) is 0.688. The van der Waals surface area contributed by atoms with Gasteiger partial charge in [-0.1, -0.05) is 0 Å². The molecule has 86 valence electrons. The molecule has 0 bridgehead atoms. The second-order valence-electron chi connectivity index (χ2n) is 5.03. The molecule has 0 aromatic heterocycles. The van der Waals surface area contributed by atoms with Crippen molar-refractivity contribution < 1.29 is 4.84 Å². The zero-order valence-electron chi connectivity index (χ0n) is 9.62. The van der Waals surface area contributed by atoms with Crippen LogP contribution in [0.4, 0.5) is 0 Å². The maximum Gasteiger partial charge on any atom is 0.0820 e. The average Bonchev–Trinajstić information content (AvgIpc) is 1.79. The summed E-state index contributed by atoms with van der Waals surface area (Å²) in [6.07, 6.45) is 0. The van der Waals surface area contributed by atoms with Gasteiger partial charge in [-0.15, -0.1) is 0 Å². The molecule has 0 saturated carbocycles. The molecular weight excluding hydrogens is 186 g/mol. The maximum atomic E-state index is 11.2. The second kappa shape index (κ2) is 4.52. The van der Waals surface area contributed by atoms with Gasteiger partial charge in [-0.05, 0) is 41.5 Å². The molecule has 0 aliphatic carbocycles. The Balaban J connectivity index is 4.01. The van der Waals surface area contributed by atoms with Crippen LogP contribution < -0.4 is 5.53 Å². The van der Waals surface area contributed by atoms with Crippen molar-refractivity contribution >= 4 is 0 Å². The van der Waals surface area contributed by atoms with Crippen molar-refractivity contribution in [2.24, 2.45) is 0 Å². The minimum absolute atomic E-state index is 0.0677. The number of hydroxylamine groups is 1. The molecule has 6 heteroatoms. The van der Waals surface area contributed by atoms with Gasteiger partial charge in [-0.2, -0.15) is 10.9 Å². The summed E-state index contributed by atoms with van der Waals surface area (Å²) >= 11 is 0. The van der Waals surface area contributed by atoms with Crippen molar-refractivity contribution in [3.63, 3.8) is 0 Å². The van der Waals surface area contributed by atoms with Gasteiger partial charge in [0.25, 0.3) is 0 Å². The van der Waals surface area contributed by atoms with Gasteiger partial charge in [-0.3, -0.25) is 4.84 Å². The monoisotopic (exact) mass is 205 g/mol. The van der Waals surface area contributed by atoms with Crippen LogP contribution in [-0.4, -0.2) is 21.6 Å². The Bertz CT molecular complexity index is 174. The zero-order chi connectivity index (χ0) is 11.6. The molecule has 0 aromatic carbocycles. The minimum atomic E-state index is -0.691. The largest absolute Gasteiger partial charge is 0.770 e. The molecule has 0 unspecified atom stereocenters. The number of hydrazine groups is 2. The van der Waals surface area contributed by atoms with Crippen molar-refractivity contribution in [1.29, 1.82) is 0 Å². The first-order valence-corrected chi connectivity index (χ1v) is 4.42. The van der Waals surface area contributed by atoms with E-state index in [1.807, 2.05) is 5.53 Å². The molecule has 0 aromatic rings. The summed E-state index contributed by atoms with van der Waals surface area (Å²) in [6.45, 7) is 10.2. The van der Waals surface area contributed by atoms with Crippen molar-refractivity contribution in [1.82, 2.24) is 16.0 Å². The molecule has 0 aliphatic heterocycles. The second-order valence-corrected chi connectivity index (χ2v) is 5.03. The van der Waals surface area contributed by atoms with E-state index in [2.05, 4.69) is 0 Å². The standard InChI is InChI=1S/C8H19N3O3/c1-7(2,3)10(12)9-11(13)14-8(4,5)6/h9H,1-6H3/q-2. The normalized spacial score (nSPS) is 14.1. The topological polar surface area (TPSA) is 73.9 Å². The summed E-state index contributed by atoms with van der Waals surface area (Å²) in [6, 6.07) is 0. The summed E-state index contributed by atoms with van der Waals surface area (Å²) in [5, 5.41) is 22.8. The predicted octanol–water partition coefficient (Wildman–Crippen LogP) is 1.53. The Morgan fingerprint density at radius 3 is 1.71 bits per heavy atom. The molecule has 0 rings (SSSR count). The van der Waals surface area contributed by atoms with Gasteiger partial charge >= 0.3 is 0 Å². The van der Waals surface area contributed by atoms with Gasteiger partial charge < -0.3 is 15.6 Å². The lowest BCUT2D eigenvalue weighted by Crippen LogP contribution is -2.53. The lowest BCUT2D eigenvalue weighted by Gasteiger charge is -2.47. The molecule has 0 amide bonds. The number of hydrogen-bond acceptors (Lipinski definition) is 6. The fraction of sp³-hybridized carbons (Fsp3) is 1.00. The zero-order valence-corrected chi connectivity index (χ0v) is 9.62. The molecule has 0 radical (unpaired) electrons. The van der Waals surface area contributed by atoms with Crippen LogP contribution in [0.15, 0.2) is 0 Å². The number of hydrogen-bond donors (Lipinski definition) is 1. The number of nitrogens with one attached hydrogen (secondary N) is 1. The SMILES string of the molecule is CC(C)(C)ON([O-])NN([O-])C(C)(C)C. The van der Waals surface area contributed by atoms with Gasteiger partial charge in [0, 0.05) is 5.54 Å². The van der Waals surface area contributed by atoms with E-state index in [4.69, 9.17) is 4.84 Å².